The highest BCUT2D eigenvalue weighted by atomic mass is 16.7. The number of aromatic carboxylic acids is 1. The van der Waals surface area contributed by atoms with E-state index < -0.39 is 34.1 Å². The van der Waals surface area contributed by atoms with Crippen LogP contribution in [0.3, 0.4) is 0 Å². The first-order valence-electron chi connectivity index (χ1n) is 6.93. The van der Waals surface area contributed by atoms with Crippen molar-refractivity contribution in [3.63, 3.8) is 0 Å². The van der Waals surface area contributed by atoms with Crippen molar-refractivity contribution in [3.05, 3.63) is 46.5 Å². The number of carboxylic acid groups (broad SMARTS) is 1. The van der Waals surface area contributed by atoms with E-state index in [1.54, 1.807) is 0 Å². The van der Waals surface area contributed by atoms with E-state index in [0.717, 1.165) is 31.0 Å². The Kier molecular flexibility index (Phi) is 4.63. The van der Waals surface area contributed by atoms with Crippen LogP contribution in [0.25, 0.3) is 0 Å². The van der Waals surface area contributed by atoms with E-state index >= 15 is 0 Å². The average molecular weight is 321 g/mol. The number of hydrogen-bond acceptors (Lipinski definition) is 6. The van der Waals surface area contributed by atoms with Gasteiger partial charge in [-0.2, -0.15) is 0 Å². The highest BCUT2D eigenvalue weighted by Gasteiger charge is 2.36. The van der Waals surface area contributed by atoms with Gasteiger partial charge in [0.05, 0.1) is 10.5 Å². The van der Waals surface area contributed by atoms with Crippen molar-refractivity contribution in [1.82, 2.24) is 0 Å². The number of nitro benzene ring substituents is 1. The molecule has 0 unspecified atom stereocenters. The lowest BCUT2D eigenvalue weighted by molar-refractivity contribution is -0.385. The van der Waals surface area contributed by atoms with Gasteiger partial charge in [-0.3, -0.25) is 10.1 Å². The lowest BCUT2D eigenvalue weighted by Gasteiger charge is -2.24. The monoisotopic (exact) mass is 321 g/mol. The van der Waals surface area contributed by atoms with E-state index in [4.69, 9.17) is 14.6 Å². The maximum absolute atomic E-state index is 11.9. The number of carboxylic acids is 1. The van der Waals surface area contributed by atoms with E-state index in [9.17, 15) is 19.7 Å². The van der Waals surface area contributed by atoms with Crippen LogP contribution in [0.5, 0.6) is 5.75 Å². The van der Waals surface area contributed by atoms with E-state index in [2.05, 4.69) is 6.58 Å². The largest absolute Gasteiger partial charge is 0.514 e. The summed E-state index contributed by atoms with van der Waals surface area (Å²) in [6, 6.07) is 2.93. The molecule has 1 aliphatic rings. The molecule has 23 heavy (non-hydrogen) atoms. The van der Waals surface area contributed by atoms with Gasteiger partial charge in [0.15, 0.2) is 0 Å². The fraction of sp³-hybridized carbons (Fsp3) is 0.333. The van der Waals surface area contributed by atoms with Crippen LogP contribution in [-0.2, 0) is 4.74 Å². The molecule has 1 N–H and O–H groups in total. The molecule has 0 radical (unpaired) electrons. The normalized spacial score (nSPS) is 15.7. The number of carbonyl (C=O) groups is 2. The molecular weight excluding hydrogens is 306 g/mol. The fourth-order valence-corrected chi connectivity index (χ4v) is 2.48. The van der Waals surface area contributed by atoms with E-state index in [0.29, 0.717) is 12.8 Å². The van der Waals surface area contributed by atoms with Gasteiger partial charge in [-0.05, 0) is 37.8 Å². The molecule has 1 saturated carbocycles. The Morgan fingerprint density at radius 2 is 2.00 bits per heavy atom. The molecule has 1 aromatic rings. The van der Waals surface area contributed by atoms with Crippen LogP contribution in [0, 0.1) is 10.1 Å². The quantitative estimate of drug-likeness (QED) is 0.291. The Labute approximate surface area is 131 Å². The number of hydrogen-bond donors (Lipinski definition) is 1. The fourth-order valence-electron chi connectivity index (χ4n) is 2.48. The number of ether oxygens (including phenoxy) is 2. The van der Waals surface area contributed by atoms with Gasteiger partial charge >= 0.3 is 17.8 Å². The number of nitrogens with zero attached hydrogens (tertiary/aromatic N) is 1. The molecule has 0 heterocycles. The molecule has 8 nitrogen and oxygen atoms in total. The Morgan fingerprint density at radius 1 is 1.35 bits per heavy atom. The molecule has 0 bridgehead atoms. The summed E-state index contributed by atoms with van der Waals surface area (Å²) in [5.41, 5.74) is -1.60. The average Bonchev–Trinajstić information content (AvgIpc) is 2.95. The molecule has 0 amide bonds. The van der Waals surface area contributed by atoms with E-state index in [1.165, 1.54) is 6.08 Å². The maximum atomic E-state index is 11.9. The van der Waals surface area contributed by atoms with Crippen molar-refractivity contribution >= 4 is 17.8 Å². The minimum atomic E-state index is -1.29. The van der Waals surface area contributed by atoms with Crippen LogP contribution in [0.4, 0.5) is 10.5 Å². The minimum Gasteiger partial charge on any atom is -0.478 e. The zero-order valence-electron chi connectivity index (χ0n) is 12.2. The molecule has 2 rings (SSSR count). The topological polar surface area (TPSA) is 116 Å². The van der Waals surface area contributed by atoms with Gasteiger partial charge in [-0.25, -0.2) is 9.59 Å². The van der Waals surface area contributed by atoms with Gasteiger partial charge in [0.1, 0.15) is 5.60 Å². The highest BCUT2D eigenvalue weighted by Crippen LogP contribution is 2.35. The lowest BCUT2D eigenvalue weighted by atomic mass is 10.0. The Balaban J connectivity index is 2.22. The van der Waals surface area contributed by atoms with Crippen molar-refractivity contribution in [1.29, 1.82) is 0 Å². The molecule has 0 spiro atoms. The van der Waals surface area contributed by atoms with Crippen molar-refractivity contribution in [2.45, 2.75) is 31.3 Å². The molecule has 0 atom stereocenters. The van der Waals surface area contributed by atoms with Crippen molar-refractivity contribution < 1.29 is 29.1 Å². The van der Waals surface area contributed by atoms with Gasteiger partial charge in [-0.1, -0.05) is 6.58 Å². The highest BCUT2D eigenvalue weighted by molar-refractivity contribution is 5.89. The minimum absolute atomic E-state index is 0.238. The van der Waals surface area contributed by atoms with Crippen LogP contribution in [0.2, 0.25) is 0 Å². The summed E-state index contributed by atoms with van der Waals surface area (Å²) >= 11 is 0. The Hall–Kier alpha value is -2.90. The predicted molar refractivity (Wildman–Crippen MR) is 78.6 cm³/mol. The second kappa shape index (κ2) is 6.47. The van der Waals surface area contributed by atoms with E-state index in [-0.39, 0.29) is 5.56 Å². The van der Waals surface area contributed by atoms with Gasteiger partial charge < -0.3 is 14.6 Å². The molecule has 8 heteroatoms. The third kappa shape index (κ3) is 3.65. The summed E-state index contributed by atoms with van der Waals surface area (Å²) in [7, 11) is 0. The number of rotatable bonds is 5. The van der Waals surface area contributed by atoms with E-state index in [1.807, 2.05) is 0 Å². The third-order valence-electron chi connectivity index (χ3n) is 3.71. The molecule has 1 aromatic carbocycles. The first-order valence-corrected chi connectivity index (χ1v) is 6.93. The summed E-state index contributed by atoms with van der Waals surface area (Å²) in [5, 5.41) is 19.9. The molecule has 0 aliphatic heterocycles. The summed E-state index contributed by atoms with van der Waals surface area (Å²) < 4.78 is 10.1. The molecular formula is C15H15NO7. The molecule has 0 saturated heterocycles. The van der Waals surface area contributed by atoms with Crippen LogP contribution < -0.4 is 4.74 Å². The number of carbonyl (C=O) groups excluding carboxylic acids is 1. The predicted octanol–water partition coefficient (Wildman–Crippen LogP) is 3.31. The van der Waals surface area contributed by atoms with Crippen molar-refractivity contribution in [2.75, 3.05) is 0 Å². The second-order valence-corrected chi connectivity index (χ2v) is 5.17. The van der Waals surface area contributed by atoms with Gasteiger partial charge in [0, 0.05) is 12.1 Å². The summed E-state index contributed by atoms with van der Waals surface area (Å²) in [4.78, 5) is 33.1. The van der Waals surface area contributed by atoms with Crippen LogP contribution >= 0.6 is 0 Å². The first kappa shape index (κ1) is 16.5. The Morgan fingerprint density at radius 3 is 2.52 bits per heavy atom. The van der Waals surface area contributed by atoms with Crippen molar-refractivity contribution in [3.8, 4) is 5.75 Å². The molecule has 1 aliphatic carbocycles. The molecule has 122 valence electrons. The summed E-state index contributed by atoms with van der Waals surface area (Å²) in [5.74, 6) is -1.77. The zero-order chi connectivity index (χ0) is 17.0. The van der Waals surface area contributed by atoms with Gasteiger partial charge in [-0.15, -0.1) is 0 Å². The summed E-state index contributed by atoms with van der Waals surface area (Å²) in [6.07, 6.45) is 3.33. The Bertz CT molecular complexity index is 662. The van der Waals surface area contributed by atoms with Gasteiger partial charge in [0.2, 0.25) is 5.75 Å². The van der Waals surface area contributed by atoms with Crippen molar-refractivity contribution in [2.24, 2.45) is 0 Å². The standard InChI is InChI=1S/C15H15NO7/c1-2-15(7-3-4-8-15)23-14(19)22-12-9-10(13(17)18)5-6-11(12)16(20)21/h2,5-6,9H,1,3-4,7-8H2,(H,17,18). The summed E-state index contributed by atoms with van der Waals surface area (Å²) in [6.45, 7) is 3.64. The number of nitro groups is 1. The molecule has 0 aromatic heterocycles. The SMILES string of the molecule is C=CC1(OC(=O)Oc2cc(C(=O)O)ccc2[N+](=O)[O-])CCCC1. The third-order valence-corrected chi connectivity index (χ3v) is 3.71. The van der Waals surface area contributed by atoms with Gasteiger partial charge in [0.25, 0.3) is 0 Å². The lowest BCUT2D eigenvalue weighted by Crippen LogP contribution is -2.31. The first-order chi connectivity index (χ1) is 10.9. The van der Waals surface area contributed by atoms with Crippen LogP contribution in [-0.4, -0.2) is 27.8 Å². The smallest absolute Gasteiger partial charge is 0.478 e. The maximum Gasteiger partial charge on any atom is 0.514 e. The molecule has 1 fully saturated rings. The zero-order valence-corrected chi connectivity index (χ0v) is 12.2. The van der Waals surface area contributed by atoms with Crippen LogP contribution in [0.1, 0.15) is 36.0 Å². The van der Waals surface area contributed by atoms with Crippen LogP contribution in [0.15, 0.2) is 30.9 Å². The number of benzene rings is 1. The second-order valence-electron chi connectivity index (χ2n) is 5.17.